The fourth-order valence-corrected chi connectivity index (χ4v) is 3.45. The lowest BCUT2D eigenvalue weighted by Crippen LogP contribution is -2.25. The van der Waals surface area contributed by atoms with Crippen molar-refractivity contribution in [3.63, 3.8) is 0 Å². The molecule has 0 spiro atoms. The Kier molecular flexibility index (Phi) is 3.50. The summed E-state index contributed by atoms with van der Waals surface area (Å²) in [7, 11) is 4.30. The molecule has 2 heterocycles. The average Bonchev–Trinajstić information content (AvgIpc) is 2.73. The lowest BCUT2D eigenvalue weighted by Gasteiger charge is -2.26. The van der Waals surface area contributed by atoms with Crippen molar-refractivity contribution >= 4 is 28.8 Å². The second-order valence-electron chi connectivity index (χ2n) is 6.31. The molecule has 0 bridgehead atoms. The van der Waals surface area contributed by atoms with Crippen LogP contribution in [-0.2, 0) is 0 Å². The maximum atomic E-state index is 4.85. The number of likely N-dealkylation sites (N-methyl/N-ethyl adjacent to an activating group) is 1. The third-order valence-corrected chi connectivity index (χ3v) is 4.69. The summed E-state index contributed by atoms with van der Waals surface area (Å²) in [5.41, 5.74) is 7.23. The Morgan fingerprint density at radius 2 is 1.78 bits per heavy atom. The lowest BCUT2D eigenvalue weighted by atomic mass is 9.98. The summed E-state index contributed by atoms with van der Waals surface area (Å²) in [4.78, 5) is 9.47. The zero-order valence-electron chi connectivity index (χ0n) is 13.7. The van der Waals surface area contributed by atoms with Gasteiger partial charge in [-0.25, -0.2) is 0 Å². The number of para-hydroxylation sites is 2. The van der Waals surface area contributed by atoms with Gasteiger partial charge in [0.2, 0.25) is 0 Å². The monoisotopic (exact) mass is 303 g/mol. The van der Waals surface area contributed by atoms with Crippen molar-refractivity contribution in [3.05, 3.63) is 59.7 Å². The minimum atomic E-state index is 0.989. The van der Waals surface area contributed by atoms with Gasteiger partial charge < -0.3 is 9.80 Å². The number of rotatable bonds is 1. The van der Waals surface area contributed by atoms with Crippen molar-refractivity contribution in [2.45, 2.75) is 6.42 Å². The molecule has 0 aromatic heterocycles. The Morgan fingerprint density at radius 3 is 2.65 bits per heavy atom. The van der Waals surface area contributed by atoms with Crippen LogP contribution < -0.4 is 4.90 Å². The minimum Gasteiger partial charge on any atom is -0.342 e. The summed E-state index contributed by atoms with van der Waals surface area (Å²) in [6, 6.07) is 14.9. The van der Waals surface area contributed by atoms with E-state index in [2.05, 4.69) is 72.4 Å². The van der Waals surface area contributed by atoms with Gasteiger partial charge in [0.15, 0.2) is 0 Å². The molecule has 0 saturated carbocycles. The number of aliphatic imine (C=N–C) groups is 1. The van der Waals surface area contributed by atoms with Crippen molar-refractivity contribution in [1.29, 1.82) is 0 Å². The molecule has 4 rings (SSSR count). The molecule has 0 aliphatic carbocycles. The topological polar surface area (TPSA) is 18.8 Å². The van der Waals surface area contributed by atoms with E-state index >= 15 is 0 Å². The number of fused-ring (bicyclic) bond motifs is 2. The van der Waals surface area contributed by atoms with Crippen LogP contribution in [0.25, 0.3) is 5.57 Å². The van der Waals surface area contributed by atoms with E-state index in [9.17, 15) is 0 Å². The molecule has 3 heteroatoms. The standard InChI is InChI=1S/C20H21N3/c1-22-12-6-8-16(14-22)17-9-5-11-19-20(17)21-13-15-7-3-4-10-18(15)23(19)2/h3-5,7-11,13H,6,12,14H2,1-2H3. The van der Waals surface area contributed by atoms with E-state index in [1.54, 1.807) is 0 Å². The molecule has 116 valence electrons. The van der Waals surface area contributed by atoms with Gasteiger partial charge in [0.05, 0.1) is 11.4 Å². The molecule has 2 aromatic carbocycles. The molecule has 0 N–H and O–H groups in total. The molecule has 0 atom stereocenters. The van der Waals surface area contributed by atoms with Gasteiger partial charge in [0, 0.05) is 43.2 Å². The molecule has 2 aliphatic rings. The first kappa shape index (κ1) is 14.2. The van der Waals surface area contributed by atoms with E-state index in [4.69, 9.17) is 4.99 Å². The quantitative estimate of drug-likeness (QED) is 0.785. The molecule has 3 nitrogen and oxygen atoms in total. The smallest absolute Gasteiger partial charge is 0.0942 e. The van der Waals surface area contributed by atoms with Crippen molar-refractivity contribution in [2.24, 2.45) is 4.99 Å². The molecule has 0 fully saturated rings. The summed E-state index contributed by atoms with van der Waals surface area (Å²) >= 11 is 0. The zero-order chi connectivity index (χ0) is 15.8. The van der Waals surface area contributed by atoms with E-state index in [1.165, 1.54) is 16.8 Å². The van der Waals surface area contributed by atoms with Crippen LogP contribution in [0.5, 0.6) is 0 Å². The molecular weight excluding hydrogens is 282 g/mol. The van der Waals surface area contributed by atoms with Gasteiger partial charge in [-0.3, -0.25) is 4.99 Å². The first-order chi connectivity index (χ1) is 11.2. The highest BCUT2D eigenvalue weighted by molar-refractivity contribution is 5.98. The molecule has 0 radical (unpaired) electrons. The highest BCUT2D eigenvalue weighted by atomic mass is 15.1. The van der Waals surface area contributed by atoms with Crippen LogP contribution in [0.15, 0.2) is 53.5 Å². The van der Waals surface area contributed by atoms with E-state index in [0.29, 0.717) is 0 Å². The third-order valence-electron chi connectivity index (χ3n) is 4.69. The van der Waals surface area contributed by atoms with E-state index in [1.807, 2.05) is 6.21 Å². The first-order valence-electron chi connectivity index (χ1n) is 8.12. The van der Waals surface area contributed by atoms with Crippen LogP contribution in [0.3, 0.4) is 0 Å². The lowest BCUT2D eigenvalue weighted by molar-refractivity contribution is 0.373. The molecule has 2 aromatic rings. The Morgan fingerprint density at radius 1 is 0.957 bits per heavy atom. The Labute approximate surface area is 137 Å². The van der Waals surface area contributed by atoms with Gasteiger partial charge >= 0.3 is 0 Å². The third kappa shape index (κ3) is 2.47. The number of nitrogens with zero attached hydrogens (tertiary/aromatic N) is 3. The van der Waals surface area contributed by atoms with Crippen LogP contribution >= 0.6 is 0 Å². The van der Waals surface area contributed by atoms with Gasteiger partial charge in [-0.05, 0) is 31.2 Å². The zero-order valence-corrected chi connectivity index (χ0v) is 13.7. The molecule has 23 heavy (non-hydrogen) atoms. The largest absolute Gasteiger partial charge is 0.342 e. The second-order valence-corrected chi connectivity index (χ2v) is 6.31. The molecule has 0 saturated heterocycles. The van der Waals surface area contributed by atoms with E-state index < -0.39 is 0 Å². The normalized spacial score (nSPS) is 17.3. The number of anilines is 2. The van der Waals surface area contributed by atoms with Crippen LogP contribution in [0.1, 0.15) is 17.5 Å². The van der Waals surface area contributed by atoms with Gasteiger partial charge in [-0.2, -0.15) is 0 Å². The molecule has 2 aliphatic heterocycles. The van der Waals surface area contributed by atoms with Crippen LogP contribution in [-0.4, -0.2) is 38.3 Å². The minimum absolute atomic E-state index is 0.989. The van der Waals surface area contributed by atoms with Gasteiger partial charge in [-0.1, -0.05) is 36.4 Å². The van der Waals surface area contributed by atoms with Gasteiger partial charge in [-0.15, -0.1) is 0 Å². The Bertz CT molecular complexity index is 804. The maximum Gasteiger partial charge on any atom is 0.0942 e. The maximum absolute atomic E-state index is 4.85. The van der Waals surface area contributed by atoms with E-state index in [-0.39, 0.29) is 0 Å². The summed E-state index contributed by atoms with van der Waals surface area (Å²) in [5.74, 6) is 0. The van der Waals surface area contributed by atoms with Crippen LogP contribution in [0.4, 0.5) is 17.1 Å². The highest BCUT2D eigenvalue weighted by Crippen LogP contribution is 2.41. The summed E-state index contributed by atoms with van der Waals surface area (Å²) in [5, 5.41) is 0. The predicted molar refractivity (Wildman–Crippen MR) is 98.3 cm³/mol. The van der Waals surface area contributed by atoms with Crippen molar-refractivity contribution < 1.29 is 0 Å². The summed E-state index contributed by atoms with van der Waals surface area (Å²) in [6.45, 7) is 2.12. The first-order valence-corrected chi connectivity index (χ1v) is 8.12. The number of hydrogen-bond acceptors (Lipinski definition) is 3. The number of benzene rings is 2. The average molecular weight is 303 g/mol. The number of hydrogen-bond donors (Lipinski definition) is 0. The summed E-state index contributed by atoms with van der Waals surface area (Å²) in [6.07, 6.45) is 5.46. The summed E-state index contributed by atoms with van der Waals surface area (Å²) < 4.78 is 0. The molecular formula is C20H21N3. The fraction of sp³-hybridized carbons (Fsp3) is 0.250. The van der Waals surface area contributed by atoms with Crippen molar-refractivity contribution in [3.8, 4) is 0 Å². The molecule has 0 amide bonds. The van der Waals surface area contributed by atoms with Crippen LogP contribution in [0.2, 0.25) is 0 Å². The van der Waals surface area contributed by atoms with Crippen molar-refractivity contribution in [1.82, 2.24) is 4.90 Å². The predicted octanol–water partition coefficient (Wildman–Crippen LogP) is 4.24. The van der Waals surface area contributed by atoms with Crippen LogP contribution in [0, 0.1) is 0 Å². The Balaban J connectivity index is 1.87. The Hall–Kier alpha value is -2.39. The van der Waals surface area contributed by atoms with Gasteiger partial charge in [0.25, 0.3) is 0 Å². The van der Waals surface area contributed by atoms with E-state index in [0.717, 1.165) is 36.4 Å². The molecule has 0 unspecified atom stereocenters. The van der Waals surface area contributed by atoms with Crippen molar-refractivity contribution in [2.75, 3.05) is 32.1 Å². The fourth-order valence-electron chi connectivity index (χ4n) is 3.45. The van der Waals surface area contributed by atoms with Gasteiger partial charge in [0.1, 0.15) is 0 Å². The SMILES string of the molecule is CN1CCC=C(c2cccc3c2N=Cc2ccccc2N3C)C1. The highest BCUT2D eigenvalue weighted by Gasteiger charge is 2.20. The second kappa shape index (κ2) is 5.67.